The number of carbonyl (C=O) groups excluding carboxylic acids is 1. The third-order valence-corrected chi connectivity index (χ3v) is 3.49. The van der Waals surface area contributed by atoms with Crippen molar-refractivity contribution in [2.45, 2.75) is 19.4 Å². The second kappa shape index (κ2) is 9.52. The molecule has 2 aromatic carbocycles. The quantitative estimate of drug-likeness (QED) is 0.708. The van der Waals surface area contributed by atoms with Gasteiger partial charge in [-0.1, -0.05) is 19.1 Å². The van der Waals surface area contributed by atoms with Gasteiger partial charge >= 0.3 is 0 Å². The Kier molecular flexibility index (Phi) is 7.07. The lowest BCUT2D eigenvalue weighted by Gasteiger charge is -2.18. The summed E-state index contributed by atoms with van der Waals surface area (Å²) in [5.41, 5.74) is 0. The summed E-state index contributed by atoms with van der Waals surface area (Å²) in [7, 11) is 1.55. The zero-order chi connectivity index (χ0) is 18.1. The van der Waals surface area contributed by atoms with Gasteiger partial charge in [0, 0.05) is 0 Å². The second-order valence-corrected chi connectivity index (χ2v) is 5.26. The Morgan fingerprint density at radius 1 is 1.12 bits per heavy atom. The number of halogens is 1. The Labute approximate surface area is 146 Å². The number of carbonyl (C=O) groups is 1. The first kappa shape index (κ1) is 18.6. The summed E-state index contributed by atoms with van der Waals surface area (Å²) in [5, 5.41) is 2.77. The van der Waals surface area contributed by atoms with E-state index in [4.69, 9.17) is 14.2 Å². The van der Waals surface area contributed by atoms with E-state index in [1.165, 1.54) is 24.3 Å². The van der Waals surface area contributed by atoms with Crippen LogP contribution >= 0.6 is 0 Å². The molecule has 134 valence electrons. The van der Waals surface area contributed by atoms with Crippen molar-refractivity contribution in [1.82, 2.24) is 5.32 Å². The molecule has 5 nitrogen and oxygen atoms in total. The van der Waals surface area contributed by atoms with Crippen molar-refractivity contribution in [3.05, 3.63) is 54.3 Å². The monoisotopic (exact) mass is 347 g/mol. The summed E-state index contributed by atoms with van der Waals surface area (Å²) in [4.78, 5) is 12.3. The zero-order valence-electron chi connectivity index (χ0n) is 14.3. The number of benzene rings is 2. The first-order valence-electron chi connectivity index (χ1n) is 8.09. The lowest BCUT2D eigenvalue weighted by molar-refractivity contribution is -0.128. The van der Waals surface area contributed by atoms with Crippen LogP contribution in [0.25, 0.3) is 0 Å². The Hall–Kier alpha value is -2.76. The van der Waals surface area contributed by atoms with E-state index >= 15 is 0 Å². The molecule has 0 bridgehead atoms. The van der Waals surface area contributed by atoms with E-state index in [2.05, 4.69) is 5.32 Å². The number of hydrogen-bond acceptors (Lipinski definition) is 4. The van der Waals surface area contributed by atoms with Gasteiger partial charge in [-0.25, -0.2) is 4.39 Å². The molecule has 0 radical (unpaired) electrons. The van der Waals surface area contributed by atoms with Gasteiger partial charge in [-0.3, -0.25) is 4.79 Å². The molecule has 1 amide bonds. The van der Waals surface area contributed by atoms with Crippen LogP contribution in [0.1, 0.15) is 13.3 Å². The Morgan fingerprint density at radius 3 is 2.44 bits per heavy atom. The van der Waals surface area contributed by atoms with Crippen LogP contribution in [0.4, 0.5) is 4.39 Å². The van der Waals surface area contributed by atoms with Gasteiger partial charge in [-0.15, -0.1) is 0 Å². The maximum absolute atomic E-state index is 12.8. The van der Waals surface area contributed by atoms with E-state index in [1.807, 2.05) is 19.1 Å². The molecule has 1 N–H and O–H groups in total. The van der Waals surface area contributed by atoms with Crippen LogP contribution in [0.3, 0.4) is 0 Å². The highest BCUT2D eigenvalue weighted by Gasteiger charge is 2.19. The van der Waals surface area contributed by atoms with Gasteiger partial charge < -0.3 is 19.5 Å². The topological polar surface area (TPSA) is 56.8 Å². The normalized spacial score (nSPS) is 11.5. The molecule has 0 heterocycles. The van der Waals surface area contributed by atoms with Gasteiger partial charge in [0.1, 0.15) is 18.2 Å². The van der Waals surface area contributed by atoms with Crippen LogP contribution in [0.2, 0.25) is 0 Å². The molecule has 0 unspecified atom stereocenters. The van der Waals surface area contributed by atoms with Crippen molar-refractivity contribution in [3.63, 3.8) is 0 Å². The fourth-order valence-corrected chi connectivity index (χ4v) is 2.18. The number of rotatable bonds is 9. The molecule has 0 saturated heterocycles. The molecule has 0 aromatic heterocycles. The highest BCUT2D eigenvalue weighted by molar-refractivity contribution is 5.81. The fraction of sp³-hybridized carbons (Fsp3) is 0.316. The Bertz CT molecular complexity index is 675. The summed E-state index contributed by atoms with van der Waals surface area (Å²) in [6.45, 7) is 2.47. The summed E-state index contributed by atoms with van der Waals surface area (Å²) in [6, 6.07) is 12.9. The second-order valence-electron chi connectivity index (χ2n) is 5.26. The molecule has 6 heteroatoms. The van der Waals surface area contributed by atoms with Crippen LogP contribution in [0.15, 0.2) is 48.5 Å². The minimum Gasteiger partial charge on any atom is -0.493 e. The number of nitrogens with one attached hydrogen (secondary N) is 1. The first-order chi connectivity index (χ1) is 12.1. The van der Waals surface area contributed by atoms with Crippen LogP contribution < -0.4 is 19.5 Å². The third kappa shape index (κ3) is 5.67. The van der Waals surface area contributed by atoms with Crippen molar-refractivity contribution < 1.29 is 23.4 Å². The maximum Gasteiger partial charge on any atom is 0.261 e. The van der Waals surface area contributed by atoms with Crippen LogP contribution in [0, 0.1) is 5.82 Å². The SMILES string of the molecule is CC[C@H](Oc1ccccc1OC)C(=O)NCCOc1ccc(F)cc1. The van der Waals surface area contributed by atoms with Crippen LogP contribution in [-0.2, 0) is 4.79 Å². The minimum absolute atomic E-state index is 0.226. The molecule has 2 rings (SSSR count). The Balaban J connectivity index is 1.80. The van der Waals surface area contributed by atoms with E-state index in [-0.39, 0.29) is 18.3 Å². The van der Waals surface area contributed by atoms with E-state index in [1.54, 1.807) is 19.2 Å². The van der Waals surface area contributed by atoms with Gasteiger partial charge in [-0.05, 0) is 42.8 Å². The lowest BCUT2D eigenvalue weighted by Crippen LogP contribution is -2.39. The number of methoxy groups -OCH3 is 1. The summed E-state index contributed by atoms with van der Waals surface area (Å²) in [6.07, 6.45) is -0.106. The largest absolute Gasteiger partial charge is 0.493 e. The number of ether oxygens (including phenoxy) is 3. The highest BCUT2D eigenvalue weighted by atomic mass is 19.1. The zero-order valence-corrected chi connectivity index (χ0v) is 14.3. The van der Waals surface area contributed by atoms with E-state index < -0.39 is 6.10 Å². The first-order valence-corrected chi connectivity index (χ1v) is 8.09. The molecule has 0 aliphatic carbocycles. The van der Waals surface area contributed by atoms with Crippen molar-refractivity contribution in [1.29, 1.82) is 0 Å². The third-order valence-electron chi connectivity index (χ3n) is 3.49. The predicted octanol–water partition coefficient (Wildman–Crippen LogP) is 3.19. The summed E-state index contributed by atoms with van der Waals surface area (Å²) >= 11 is 0. The summed E-state index contributed by atoms with van der Waals surface area (Å²) < 4.78 is 29.2. The van der Waals surface area contributed by atoms with E-state index in [9.17, 15) is 9.18 Å². The molecule has 0 aliphatic rings. The number of hydrogen-bond donors (Lipinski definition) is 1. The lowest BCUT2D eigenvalue weighted by atomic mass is 10.2. The van der Waals surface area contributed by atoms with Gasteiger partial charge in [0.15, 0.2) is 17.6 Å². The number of para-hydroxylation sites is 2. The minimum atomic E-state index is -0.623. The Morgan fingerprint density at radius 2 is 1.80 bits per heavy atom. The van der Waals surface area contributed by atoms with Crippen molar-refractivity contribution in [2.24, 2.45) is 0 Å². The smallest absolute Gasteiger partial charge is 0.261 e. The van der Waals surface area contributed by atoms with E-state index in [0.29, 0.717) is 30.2 Å². The van der Waals surface area contributed by atoms with E-state index in [0.717, 1.165) is 0 Å². The highest BCUT2D eigenvalue weighted by Crippen LogP contribution is 2.27. The average molecular weight is 347 g/mol. The molecule has 0 spiro atoms. The van der Waals surface area contributed by atoms with Gasteiger partial charge in [-0.2, -0.15) is 0 Å². The maximum atomic E-state index is 12.8. The van der Waals surface area contributed by atoms with Crippen molar-refractivity contribution in [3.8, 4) is 17.2 Å². The molecule has 1 atom stereocenters. The van der Waals surface area contributed by atoms with Crippen LogP contribution in [-0.4, -0.2) is 32.3 Å². The number of amides is 1. The molecule has 25 heavy (non-hydrogen) atoms. The van der Waals surface area contributed by atoms with Crippen molar-refractivity contribution in [2.75, 3.05) is 20.3 Å². The average Bonchev–Trinajstić information content (AvgIpc) is 2.64. The summed E-state index contributed by atoms with van der Waals surface area (Å²) in [5.74, 6) is 1.10. The molecule has 0 saturated carbocycles. The molecular weight excluding hydrogens is 325 g/mol. The van der Waals surface area contributed by atoms with Gasteiger partial charge in [0.05, 0.1) is 13.7 Å². The van der Waals surface area contributed by atoms with Gasteiger partial charge in [0.25, 0.3) is 5.91 Å². The van der Waals surface area contributed by atoms with Crippen LogP contribution in [0.5, 0.6) is 17.2 Å². The molecule has 2 aromatic rings. The molecule has 0 fully saturated rings. The standard InChI is InChI=1S/C19H22FNO4/c1-3-16(25-18-7-5-4-6-17(18)23-2)19(22)21-12-13-24-15-10-8-14(20)9-11-15/h4-11,16H,3,12-13H2,1-2H3,(H,21,22)/t16-/m0/s1. The van der Waals surface area contributed by atoms with Gasteiger partial charge in [0.2, 0.25) is 0 Å². The molecule has 0 aliphatic heterocycles. The predicted molar refractivity (Wildman–Crippen MR) is 92.6 cm³/mol. The fourth-order valence-electron chi connectivity index (χ4n) is 2.18. The molecular formula is C19H22FNO4. The van der Waals surface area contributed by atoms with Crippen molar-refractivity contribution >= 4 is 5.91 Å².